The monoisotopic (exact) mass is 316 g/mol. The summed E-state index contributed by atoms with van der Waals surface area (Å²) < 4.78 is 16.9. The van der Waals surface area contributed by atoms with Crippen LogP contribution in [-0.4, -0.2) is 29.5 Å². The minimum Gasteiger partial charge on any atom is -0.627 e. The van der Waals surface area contributed by atoms with Gasteiger partial charge in [-0.15, -0.1) is 5.10 Å². The fourth-order valence-electron chi connectivity index (χ4n) is 2.03. The quantitative estimate of drug-likeness (QED) is 0.861. The van der Waals surface area contributed by atoms with E-state index in [1.165, 1.54) is 0 Å². The lowest BCUT2D eigenvalue weighted by molar-refractivity contribution is -0.227. The number of hydrogen-bond acceptors (Lipinski definition) is 5. The fourth-order valence-corrected chi connectivity index (χ4v) is 4.34. The molecule has 2 rings (SSSR count). The van der Waals surface area contributed by atoms with Gasteiger partial charge < -0.3 is 9.63 Å². The van der Waals surface area contributed by atoms with E-state index in [1.807, 2.05) is 41.5 Å². The van der Waals surface area contributed by atoms with Crippen molar-refractivity contribution in [1.29, 1.82) is 0 Å². The van der Waals surface area contributed by atoms with Gasteiger partial charge in [0.2, 0.25) is 5.30 Å². The van der Waals surface area contributed by atoms with Gasteiger partial charge in [0.1, 0.15) is 13.2 Å². The Morgan fingerprint density at radius 3 is 2.29 bits per heavy atom. The van der Waals surface area contributed by atoms with Crippen LogP contribution in [0, 0.1) is 5.41 Å². The average molecular weight is 316 g/mol. The molecule has 0 radical (unpaired) electrons. The summed E-state index contributed by atoms with van der Waals surface area (Å²) in [6, 6.07) is 0. The molecule has 1 fully saturated rings. The maximum Gasteiger partial charge on any atom is 0.282 e. The van der Waals surface area contributed by atoms with Gasteiger partial charge in [0.25, 0.3) is 13.8 Å². The van der Waals surface area contributed by atoms with Crippen LogP contribution in [0.15, 0.2) is 0 Å². The predicted octanol–water partition coefficient (Wildman–Crippen LogP) is 2.14. The molecule has 1 aromatic rings. The van der Waals surface area contributed by atoms with Crippen LogP contribution >= 0.6 is 7.94 Å². The number of aromatic nitrogens is 2. The van der Waals surface area contributed by atoms with Gasteiger partial charge in [-0.2, -0.15) is 0 Å². The molecule has 0 saturated carbocycles. The highest BCUT2D eigenvalue weighted by atomic mass is 31.2. The smallest absolute Gasteiger partial charge is 0.282 e. The summed E-state index contributed by atoms with van der Waals surface area (Å²) in [6.45, 7) is 12.6. The topological polar surface area (TPSA) is 79.4 Å². The Bertz CT molecular complexity index is 489. The van der Waals surface area contributed by atoms with Crippen molar-refractivity contribution >= 4 is 13.2 Å². The number of hydrogen-bond donors (Lipinski definition) is 1. The maximum absolute atomic E-state index is 13.1. The molecule has 1 aliphatic rings. The molecule has 7 heteroatoms. The number of H-pyrrole nitrogens is 1. The molecule has 0 amide bonds. The molecule has 1 saturated heterocycles. The molecular weight excluding hydrogens is 291 g/mol. The molecular formula is C14H25N2O4P. The highest BCUT2D eigenvalue weighted by Crippen LogP contribution is 2.58. The van der Waals surface area contributed by atoms with E-state index in [1.54, 1.807) is 0 Å². The van der Waals surface area contributed by atoms with Gasteiger partial charge >= 0.3 is 0 Å². The van der Waals surface area contributed by atoms with Crippen LogP contribution in [0.25, 0.3) is 0 Å². The van der Waals surface area contributed by atoms with Gasteiger partial charge in [0, 0.05) is 5.41 Å². The van der Waals surface area contributed by atoms with Crippen LogP contribution < -0.4 is 14.9 Å². The normalized spacial score (nSPS) is 21.0. The second kappa shape index (κ2) is 5.84. The predicted molar refractivity (Wildman–Crippen MR) is 80.7 cm³/mol. The molecule has 0 bridgehead atoms. The van der Waals surface area contributed by atoms with Crippen LogP contribution in [0.1, 0.15) is 53.2 Å². The fraction of sp³-hybridized carbons (Fsp3) is 0.786. The van der Waals surface area contributed by atoms with Crippen molar-refractivity contribution in [1.82, 2.24) is 10.2 Å². The van der Waals surface area contributed by atoms with Gasteiger partial charge in [-0.05, 0) is 19.8 Å². The summed E-state index contributed by atoms with van der Waals surface area (Å²) in [7, 11) is -3.40. The Labute approximate surface area is 126 Å². The molecule has 0 spiro atoms. The third-order valence-electron chi connectivity index (χ3n) is 3.18. The summed E-state index contributed by atoms with van der Waals surface area (Å²) in [5.41, 5.74) is 0.600. The summed E-state index contributed by atoms with van der Waals surface area (Å²) in [5.74, 6) is 0.432. The van der Waals surface area contributed by atoms with E-state index in [-0.39, 0.29) is 17.4 Å². The standard InChI is InChI=1S/C14H25N2O4P/c1-9(2)11-12(13(16-15-11)20-10(3)4)21(17)18-7-14(5,6)8-19-21/h9-10H,7-8H2,1-6H3,(H,15,16). The van der Waals surface area contributed by atoms with E-state index in [4.69, 9.17) is 13.8 Å². The van der Waals surface area contributed by atoms with E-state index in [0.29, 0.717) is 24.4 Å². The first-order valence-electron chi connectivity index (χ1n) is 7.29. The molecule has 21 heavy (non-hydrogen) atoms. The van der Waals surface area contributed by atoms with E-state index < -0.39 is 7.94 Å². The highest BCUT2D eigenvalue weighted by molar-refractivity contribution is 7.67. The van der Waals surface area contributed by atoms with E-state index in [0.717, 1.165) is 5.69 Å². The Hall–Kier alpha value is -0.680. The first kappa shape index (κ1) is 16.7. The second-order valence-electron chi connectivity index (χ2n) is 6.82. The molecule has 0 aromatic carbocycles. The van der Waals surface area contributed by atoms with E-state index >= 15 is 0 Å². The van der Waals surface area contributed by atoms with Crippen molar-refractivity contribution in [3.05, 3.63) is 5.69 Å². The number of rotatable bonds is 4. The Morgan fingerprint density at radius 1 is 1.24 bits per heavy atom. The summed E-state index contributed by atoms with van der Waals surface area (Å²) in [4.78, 5) is 13.1. The maximum atomic E-state index is 13.1. The lowest BCUT2D eigenvalue weighted by Gasteiger charge is -2.37. The van der Waals surface area contributed by atoms with Crippen LogP contribution in [-0.2, 0) is 9.05 Å². The first-order chi connectivity index (χ1) is 9.65. The molecule has 1 N–H and O–H groups in total. The summed E-state index contributed by atoms with van der Waals surface area (Å²) in [6.07, 6.45) is -0.0695. The third kappa shape index (κ3) is 3.57. The lowest BCUT2D eigenvalue weighted by Crippen LogP contribution is -2.40. The number of nitrogens with one attached hydrogen (secondary N) is 1. The first-order valence-corrected chi connectivity index (χ1v) is 8.83. The lowest BCUT2D eigenvalue weighted by atomic mass is 9.97. The number of ether oxygens (including phenoxy) is 1. The molecule has 0 unspecified atom stereocenters. The third-order valence-corrected chi connectivity index (χ3v) is 5.10. The zero-order valence-corrected chi connectivity index (χ0v) is 14.5. The van der Waals surface area contributed by atoms with Crippen molar-refractivity contribution in [2.45, 2.75) is 53.6 Å². The number of nitrogens with zero attached hydrogens (tertiary/aromatic N) is 1. The van der Waals surface area contributed by atoms with E-state index in [9.17, 15) is 4.89 Å². The SMILES string of the molecule is CC(C)Oc1n[nH]c(C(C)C)c1[P+]1([O-])OCC(C)(C)CO1. The Morgan fingerprint density at radius 2 is 1.81 bits per heavy atom. The van der Waals surface area contributed by atoms with Gasteiger partial charge in [-0.25, -0.2) is 9.05 Å². The molecule has 120 valence electrons. The van der Waals surface area contributed by atoms with Crippen molar-refractivity contribution in [2.75, 3.05) is 13.2 Å². The Balaban J connectivity index is 2.38. The molecule has 0 atom stereocenters. The molecule has 6 nitrogen and oxygen atoms in total. The van der Waals surface area contributed by atoms with Gasteiger partial charge in [0.15, 0.2) is 0 Å². The molecule has 2 heterocycles. The summed E-state index contributed by atoms with van der Waals surface area (Å²) in [5, 5.41) is 7.52. The van der Waals surface area contributed by atoms with Crippen LogP contribution in [0.3, 0.4) is 0 Å². The minimum absolute atomic E-state index is 0.0695. The minimum atomic E-state index is -3.40. The van der Waals surface area contributed by atoms with Gasteiger partial charge in [-0.1, -0.05) is 27.7 Å². The van der Waals surface area contributed by atoms with Crippen molar-refractivity contribution in [3.63, 3.8) is 0 Å². The van der Waals surface area contributed by atoms with Crippen LogP contribution in [0.2, 0.25) is 0 Å². The molecule has 0 aliphatic carbocycles. The number of aromatic amines is 1. The average Bonchev–Trinajstić information content (AvgIpc) is 2.77. The van der Waals surface area contributed by atoms with Crippen LogP contribution in [0.5, 0.6) is 5.88 Å². The van der Waals surface area contributed by atoms with Crippen molar-refractivity contribution < 1.29 is 18.7 Å². The van der Waals surface area contributed by atoms with Crippen molar-refractivity contribution in [2.24, 2.45) is 5.41 Å². The van der Waals surface area contributed by atoms with Crippen molar-refractivity contribution in [3.8, 4) is 5.88 Å². The van der Waals surface area contributed by atoms with Gasteiger partial charge in [-0.3, -0.25) is 5.10 Å². The summed E-state index contributed by atoms with van der Waals surface area (Å²) >= 11 is 0. The largest absolute Gasteiger partial charge is 0.627 e. The van der Waals surface area contributed by atoms with E-state index in [2.05, 4.69) is 10.2 Å². The zero-order valence-electron chi connectivity index (χ0n) is 13.6. The van der Waals surface area contributed by atoms with Crippen LogP contribution in [0.4, 0.5) is 0 Å². The molecule has 1 aromatic heterocycles. The highest BCUT2D eigenvalue weighted by Gasteiger charge is 2.48. The Kier molecular flexibility index (Phi) is 4.64. The molecule has 1 aliphatic heterocycles. The zero-order chi connectivity index (χ0) is 15.8. The van der Waals surface area contributed by atoms with Gasteiger partial charge in [0.05, 0.1) is 11.8 Å². The second-order valence-corrected chi connectivity index (χ2v) is 8.78.